The summed E-state index contributed by atoms with van der Waals surface area (Å²) in [7, 11) is 0. The number of hydrogen-bond acceptors (Lipinski definition) is 5. The fraction of sp³-hybridized carbons (Fsp3) is 0.241. The van der Waals surface area contributed by atoms with Crippen LogP contribution in [0.15, 0.2) is 78.9 Å². The van der Waals surface area contributed by atoms with E-state index in [4.69, 9.17) is 9.97 Å². The first-order chi connectivity index (χ1) is 17.2. The highest BCUT2D eigenvalue weighted by Crippen LogP contribution is 2.64. The Morgan fingerprint density at radius 3 is 2.34 bits per heavy atom. The van der Waals surface area contributed by atoms with Gasteiger partial charge in [0.2, 0.25) is 11.8 Å². The standard InChI is InChI=1S/C29H22N4O2/c34-27-23-22-15-8-16-32(22)29(24(23)28(35)33(27)17-9-2-1-3-10-17)19-12-5-4-11-18(19)25-26(29)31-21-14-7-6-13-20(21)30-25/h1-7,9-14,22-24H,8,15-16H2/t22-,23-,24+,29?/m0/s1. The maximum Gasteiger partial charge on any atom is 0.240 e. The highest BCUT2D eigenvalue weighted by molar-refractivity contribution is 6.23. The third kappa shape index (κ3) is 2.19. The number of aromatic nitrogens is 2. The van der Waals surface area contributed by atoms with Gasteiger partial charge in [-0.1, -0.05) is 54.6 Å². The average molecular weight is 459 g/mol. The lowest BCUT2D eigenvalue weighted by Gasteiger charge is -2.39. The average Bonchev–Trinajstić information content (AvgIpc) is 3.61. The molecular formula is C29H22N4O2. The number of amides is 2. The highest BCUT2D eigenvalue weighted by atomic mass is 16.2. The Bertz CT molecular complexity index is 1570. The van der Waals surface area contributed by atoms with Crippen LogP contribution in [0.25, 0.3) is 22.3 Å². The summed E-state index contributed by atoms with van der Waals surface area (Å²) >= 11 is 0. The molecule has 0 bridgehead atoms. The van der Waals surface area contributed by atoms with Gasteiger partial charge >= 0.3 is 0 Å². The van der Waals surface area contributed by atoms with Crippen molar-refractivity contribution < 1.29 is 9.59 Å². The van der Waals surface area contributed by atoms with Crippen LogP contribution < -0.4 is 4.90 Å². The first kappa shape index (κ1) is 19.4. The molecule has 0 saturated carbocycles. The Morgan fingerprint density at radius 2 is 1.51 bits per heavy atom. The van der Waals surface area contributed by atoms with Crippen LogP contribution in [0.1, 0.15) is 24.1 Å². The van der Waals surface area contributed by atoms with Crippen molar-refractivity contribution in [1.82, 2.24) is 14.9 Å². The Labute approximate surface area is 202 Å². The molecule has 2 amide bonds. The van der Waals surface area contributed by atoms with Gasteiger partial charge in [0.15, 0.2) is 0 Å². The van der Waals surface area contributed by atoms with Crippen molar-refractivity contribution in [2.45, 2.75) is 24.4 Å². The molecule has 1 aliphatic carbocycles. The van der Waals surface area contributed by atoms with Crippen molar-refractivity contribution >= 4 is 28.5 Å². The molecule has 6 nitrogen and oxygen atoms in total. The Balaban J connectivity index is 1.44. The number of carbonyl (C=O) groups is 2. The Hall–Kier alpha value is -3.90. The molecule has 4 aromatic rings. The molecule has 4 atom stereocenters. The lowest BCUT2D eigenvalue weighted by Crippen LogP contribution is -2.50. The minimum atomic E-state index is -0.787. The molecule has 170 valence electrons. The summed E-state index contributed by atoms with van der Waals surface area (Å²) in [5.74, 6) is -1.13. The zero-order valence-corrected chi connectivity index (χ0v) is 19.0. The fourth-order valence-electron chi connectivity index (χ4n) is 7.34. The number of nitrogens with zero attached hydrogens (tertiary/aromatic N) is 4. The molecule has 3 saturated heterocycles. The summed E-state index contributed by atoms with van der Waals surface area (Å²) in [6.45, 7) is 0.839. The van der Waals surface area contributed by atoms with Gasteiger partial charge in [0.25, 0.3) is 0 Å². The van der Waals surface area contributed by atoms with Gasteiger partial charge in [-0.2, -0.15) is 0 Å². The molecule has 8 rings (SSSR count). The Kier molecular flexibility index (Phi) is 3.67. The van der Waals surface area contributed by atoms with Gasteiger partial charge in [0.05, 0.1) is 39.9 Å². The van der Waals surface area contributed by atoms with Gasteiger partial charge in [0, 0.05) is 11.6 Å². The predicted octanol–water partition coefficient (Wildman–Crippen LogP) is 4.14. The minimum absolute atomic E-state index is 0.0115. The summed E-state index contributed by atoms with van der Waals surface area (Å²) in [5.41, 5.74) is 5.25. The smallest absolute Gasteiger partial charge is 0.240 e. The topological polar surface area (TPSA) is 66.4 Å². The van der Waals surface area contributed by atoms with E-state index < -0.39 is 17.4 Å². The largest absolute Gasteiger partial charge is 0.284 e. The van der Waals surface area contributed by atoms with Gasteiger partial charge in [0.1, 0.15) is 5.54 Å². The maximum atomic E-state index is 14.3. The maximum absolute atomic E-state index is 14.3. The van der Waals surface area contributed by atoms with Crippen LogP contribution in [0.4, 0.5) is 5.69 Å². The van der Waals surface area contributed by atoms with Crippen LogP contribution in [0.2, 0.25) is 0 Å². The van der Waals surface area contributed by atoms with Crippen molar-refractivity contribution in [1.29, 1.82) is 0 Å². The molecule has 1 spiro atoms. The monoisotopic (exact) mass is 458 g/mol. The molecule has 35 heavy (non-hydrogen) atoms. The van der Waals surface area contributed by atoms with Crippen molar-refractivity contribution in [2.24, 2.45) is 11.8 Å². The molecule has 0 radical (unpaired) electrons. The van der Waals surface area contributed by atoms with Crippen molar-refractivity contribution in [3.63, 3.8) is 0 Å². The highest BCUT2D eigenvalue weighted by Gasteiger charge is 2.73. The quantitative estimate of drug-likeness (QED) is 0.401. The number of para-hydroxylation sites is 3. The number of fused-ring (bicyclic) bond motifs is 11. The zero-order chi connectivity index (χ0) is 23.3. The predicted molar refractivity (Wildman–Crippen MR) is 131 cm³/mol. The van der Waals surface area contributed by atoms with Crippen LogP contribution in [-0.2, 0) is 15.1 Å². The molecule has 4 heterocycles. The van der Waals surface area contributed by atoms with E-state index in [1.165, 1.54) is 4.90 Å². The first-order valence-corrected chi connectivity index (χ1v) is 12.3. The van der Waals surface area contributed by atoms with Gasteiger partial charge in [-0.05, 0) is 49.2 Å². The van der Waals surface area contributed by atoms with Gasteiger partial charge in [-0.15, -0.1) is 0 Å². The number of benzene rings is 3. The zero-order valence-electron chi connectivity index (χ0n) is 19.0. The van der Waals surface area contributed by atoms with Crippen LogP contribution in [0, 0.1) is 11.8 Å². The van der Waals surface area contributed by atoms with Gasteiger partial charge < -0.3 is 0 Å². The minimum Gasteiger partial charge on any atom is -0.284 e. The Morgan fingerprint density at radius 1 is 0.800 bits per heavy atom. The summed E-state index contributed by atoms with van der Waals surface area (Å²) in [5, 5.41) is 0. The molecule has 3 fully saturated rings. The van der Waals surface area contributed by atoms with Crippen molar-refractivity contribution in [3.05, 3.63) is 90.1 Å². The third-order valence-corrected chi connectivity index (χ3v) is 8.51. The van der Waals surface area contributed by atoms with Crippen LogP contribution in [-0.4, -0.2) is 39.3 Å². The molecule has 3 aliphatic heterocycles. The second kappa shape index (κ2) is 6.61. The second-order valence-corrected chi connectivity index (χ2v) is 9.98. The number of rotatable bonds is 1. The number of imide groups is 1. The fourth-order valence-corrected chi connectivity index (χ4v) is 7.34. The van der Waals surface area contributed by atoms with E-state index in [0.29, 0.717) is 5.69 Å². The molecule has 1 unspecified atom stereocenters. The number of carbonyl (C=O) groups excluding carboxylic acids is 2. The normalized spacial score (nSPS) is 28.6. The van der Waals surface area contributed by atoms with Crippen LogP contribution >= 0.6 is 0 Å². The lowest BCUT2D eigenvalue weighted by molar-refractivity contribution is -0.124. The summed E-state index contributed by atoms with van der Waals surface area (Å²) in [4.78, 5) is 42.4. The molecule has 6 heteroatoms. The SMILES string of the molecule is O=C1[C@H]2[C@@H]3CCCN3C3(c4ccccc4-c4nc5ccccc5nc43)[C@H]2C(=O)N1c1ccccc1. The lowest BCUT2D eigenvalue weighted by atomic mass is 9.75. The third-order valence-electron chi connectivity index (χ3n) is 8.51. The molecule has 3 aromatic carbocycles. The summed E-state index contributed by atoms with van der Waals surface area (Å²) in [6, 6.07) is 25.5. The van der Waals surface area contributed by atoms with Crippen LogP contribution in [0.5, 0.6) is 0 Å². The van der Waals surface area contributed by atoms with E-state index in [1.54, 1.807) is 0 Å². The van der Waals surface area contributed by atoms with Crippen molar-refractivity contribution in [2.75, 3.05) is 11.4 Å². The van der Waals surface area contributed by atoms with Crippen LogP contribution in [0.3, 0.4) is 0 Å². The van der Waals surface area contributed by atoms with E-state index in [-0.39, 0.29) is 17.9 Å². The molecule has 1 aromatic heterocycles. The van der Waals surface area contributed by atoms with E-state index in [1.807, 2.05) is 66.7 Å². The van der Waals surface area contributed by atoms with Gasteiger partial charge in [-0.25, -0.2) is 14.9 Å². The van der Waals surface area contributed by atoms with Crippen molar-refractivity contribution in [3.8, 4) is 11.3 Å². The first-order valence-electron chi connectivity index (χ1n) is 12.3. The van der Waals surface area contributed by atoms with Gasteiger partial charge in [-0.3, -0.25) is 14.5 Å². The molecule has 0 N–H and O–H groups in total. The summed E-state index contributed by atoms with van der Waals surface area (Å²) in [6.07, 6.45) is 1.91. The summed E-state index contributed by atoms with van der Waals surface area (Å²) < 4.78 is 0. The van der Waals surface area contributed by atoms with E-state index in [2.05, 4.69) is 17.0 Å². The second-order valence-electron chi connectivity index (χ2n) is 9.98. The van der Waals surface area contributed by atoms with E-state index >= 15 is 0 Å². The van der Waals surface area contributed by atoms with E-state index in [0.717, 1.165) is 52.9 Å². The molecular weight excluding hydrogens is 436 g/mol. The van der Waals surface area contributed by atoms with E-state index in [9.17, 15) is 9.59 Å². The number of anilines is 1. The molecule has 4 aliphatic rings. The number of hydrogen-bond donors (Lipinski definition) is 0.